The molecule has 0 unspecified atom stereocenters. The molecule has 0 fully saturated rings. The van der Waals surface area contributed by atoms with Gasteiger partial charge >= 0.3 is 0 Å². The highest BCUT2D eigenvalue weighted by Gasteiger charge is 2.13. The molecule has 112 valence electrons. The maximum Gasteiger partial charge on any atom is 0.138 e. The van der Waals surface area contributed by atoms with Gasteiger partial charge in [0.25, 0.3) is 0 Å². The number of nitrogens with zero attached hydrogens (tertiary/aromatic N) is 1. The second-order valence-electron chi connectivity index (χ2n) is 6.48. The predicted octanol–water partition coefficient (Wildman–Crippen LogP) is 5.42. The van der Waals surface area contributed by atoms with Crippen LogP contribution in [-0.2, 0) is 5.41 Å². The van der Waals surface area contributed by atoms with Gasteiger partial charge in [0.15, 0.2) is 0 Å². The van der Waals surface area contributed by atoms with Crippen LogP contribution >= 0.6 is 0 Å². The molecule has 0 atom stereocenters. The Kier molecular flexibility index (Phi) is 3.57. The molecule has 0 bridgehead atoms. The van der Waals surface area contributed by atoms with Crippen LogP contribution in [0.25, 0.3) is 10.8 Å². The summed E-state index contributed by atoms with van der Waals surface area (Å²) in [7, 11) is 0. The van der Waals surface area contributed by atoms with Gasteiger partial charge in [0.1, 0.15) is 11.6 Å². The first-order chi connectivity index (χ1) is 10.4. The van der Waals surface area contributed by atoms with E-state index in [1.807, 2.05) is 18.2 Å². The smallest absolute Gasteiger partial charge is 0.138 e. The van der Waals surface area contributed by atoms with E-state index in [0.29, 0.717) is 5.82 Å². The van der Waals surface area contributed by atoms with Crippen molar-refractivity contribution in [3.63, 3.8) is 0 Å². The fourth-order valence-electron chi connectivity index (χ4n) is 2.43. The van der Waals surface area contributed by atoms with Crippen LogP contribution in [-0.4, -0.2) is 4.98 Å². The number of aromatic nitrogens is 1. The summed E-state index contributed by atoms with van der Waals surface area (Å²) in [4.78, 5) is 4.34. The first kappa shape index (κ1) is 14.5. The quantitative estimate of drug-likeness (QED) is 0.683. The molecule has 22 heavy (non-hydrogen) atoms. The minimum absolute atomic E-state index is 0.124. The summed E-state index contributed by atoms with van der Waals surface area (Å²) in [5.41, 5.74) is 2.34. The Morgan fingerprint density at radius 2 is 1.68 bits per heavy atom. The van der Waals surface area contributed by atoms with E-state index in [0.717, 1.165) is 16.5 Å². The van der Waals surface area contributed by atoms with Gasteiger partial charge in [-0.3, -0.25) is 0 Å². The number of hydrogen-bond acceptors (Lipinski definition) is 2. The van der Waals surface area contributed by atoms with E-state index < -0.39 is 0 Å². The monoisotopic (exact) mass is 294 g/mol. The normalized spacial score (nSPS) is 11.6. The molecule has 0 radical (unpaired) electrons. The van der Waals surface area contributed by atoms with Crippen LogP contribution in [0.3, 0.4) is 0 Å². The molecule has 0 aliphatic rings. The summed E-state index contributed by atoms with van der Waals surface area (Å²) in [6.45, 7) is 6.55. The van der Waals surface area contributed by atoms with Crippen LogP contribution in [0, 0.1) is 5.82 Å². The van der Waals surface area contributed by atoms with Crippen molar-refractivity contribution in [2.24, 2.45) is 0 Å². The van der Waals surface area contributed by atoms with Crippen LogP contribution in [0.5, 0.6) is 0 Å². The van der Waals surface area contributed by atoms with Crippen LogP contribution < -0.4 is 5.32 Å². The molecule has 0 saturated carbocycles. The Hall–Kier alpha value is -2.42. The lowest BCUT2D eigenvalue weighted by atomic mass is 9.87. The lowest BCUT2D eigenvalue weighted by Crippen LogP contribution is -2.10. The Bertz CT molecular complexity index is 802. The largest absolute Gasteiger partial charge is 0.340 e. The topological polar surface area (TPSA) is 24.9 Å². The molecular weight excluding hydrogens is 275 g/mol. The van der Waals surface area contributed by atoms with Gasteiger partial charge in [-0.1, -0.05) is 39.0 Å². The van der Waals surface area contributed by atoms with Gasteiger partial charge in [-0.15, -0.1) is 0 Å². The molecule has 2 aromatic carbocycles. The molecule has 0 aliphatic carbocycles. The average molecular weight is 294 g/mol. The molecule has 1 heterocycles. The number of halogens is 1. The van der Waals surface area contributed by atoms with E-state index >= 15 is 0 Å². The zero-order valence-corrected chi connectivity index (χ0v) is 13.0. The zero-order valence-electron chi connectivity index (χ0n) is 13.0. The first-order valence-corrected chi connectivity index (χ1v) is 7.35. The maximum atomic E-state index is 13.5. The molecule has 0 amide bonds. The first-order valence-electron chi connectivity index (χ1n) is 7.35. The molecule has 3 aromatic rings. The summed E-state index contributed by atoms with van der Waals surface area (Å²) < 4.78 is 13.5. The molecule has 2 nitrogen and oxygen atoms in total. The Labute approximate surface area is 130 Å². The highest BCUT2D eigenvalue weighted by atomic mass is 19.1. The van der Waals surface area contributed by atoms with Gasteiger partial charge in [0, 0.05) is 17.3 Å². The standard InChI is InChI=1S/C19H19FN2/c1-19(2,3)14-5-8-16(9-6-14)22-18-17-12-15(20)7-4-13(17)10-11-21-18/h4-12H,1-3H3,(H,21,22). The van der Waals surface area contributed by atoms with Gasteiger partial charge in [0.2, 0.25) is 0 Å². The second-order valence-corrected chi connectivity index (χ2v) is 6.48. The lowest BCUT2D eigenvalue weighted by Gasteiger charge is -2.19. The molecule has 0 spiro atoms. The van der Waals surface area contributed by atoms with Crippen molar-refractivity contribution < 1.29 is 4.39 Å². The highest BCUT2D eigenvalue weighted by Crippen LogP contribution is 2.27. The molecule has 1 aromatic heterocycles. The Morgan fingerprint density at radius 1 is 0.955 bits per heavy atom. The van der Waals surface area contributed by atoms with Crippen LogP contribution in [0.4, 0.5) is 15.9 Å². The number of fused-ring (bicyclic) bond motifs is 1. The van der Waals surface area contributed by atoms with E-state index in [9.17, 15) is 4.39 Å². The van der Waals surface area contributed by atoms with Gasteiger partial charge in [0.05, 0.1) is 0 Å². The third-order valence-corrected chi connectivity index (χ3v) is 3.74. The van der Waals surface area contributed by atoms with Gasteiger partial charge < -0.3 is 5.32 Å². The summed E-state index contributed by atoms with van der Waals surface area (Å²) in [6.07, 6.45) is 1.73. The van der Waals surface area contributed by atoms with Crippen molar-refractivity contribution in [1.82, 2.24) is 4.98 Å². The number of benzene rings is 2. The maximum absolute atomic E-state index is 13.5. The van der Waals surface area contributed by atoms with Gasteiger partial charge in [-0.05, 0) is 46.7 Å². The van der Waals surface area contributed by atoms with Crippen molar-refractivity contribution in [2.75, 3.05) is 5.32 Å². The number of hydrogen-bond donors (Lipinski definition) is 1. The minimum Gasteiger partial charge on any atom is -0.340 e. The zero-order chi connectivity index (χ0) is 15.7. The third kappa shape index (κ3) is 2.93. The number of anilines is 2. The van der Waals surface area contributed by atoms with Crippen molar-refractivity contribution >= 4 is 22.3 Å². The second kappa shape index (κ2) is 5.41. The fourth-order valence-corrected chi connectivity index (χ4v) is 2.43. The molecule has 1 N–H and O–H groups in total. The summed E-state index contributed by atoms with van der Waals surface area (Å²) in [6, 6.07) is 14.9. The molecule has 0 aliphatic heterocycles. The highest BCUT2D eigenvalue weighted by molar-refractivity contribution is 5.93. The van der Waals surface area contributed by atoms with Crippen LogP contribution in [0.2, 0.25) is 0 Å². The minimum atomic E-state index is -0.258. The van der Waals surface area contributed by atoms with E-state index in [1.54, 1.807) is 12.3 Å². The molecule has 3 rings (SSSR count). The summed E-state index contributed by atoms with van der Waals surface area (Å²) in [5.74, 6) is 0.409. The average Bonchev–Trinajstić information content (AvgIpc) is 2.47. The van der Waals surface area contributed by atoms with E-state index in [2.05, 4.69) is 43.2 Å². The molecule has 3 heteroatoms. The van der Waals surface area contributed by atoms with E-state index in [1.165, 1.54) is 17.7 Å². The SMILES string of the molecule is CC(C)(C)c1ccc(Nc2nccc3ccc(F)cc23)cc1. The molecule has 0 saturated heterocycles. The summed E-state index contributed by atoms with van der Waals surface area (Å²) >= 11 is 0. The van der Waals surface area contributed by atoms with Crippen molar-refractivity contribution in [2.45, 2.75) is 26.2 Å². The number of rotatable bonds is 2. The Balaban J connectivity index is 1.95. The van der Waals surface area contributed by atoms with Crippen LogP contribution in [0.1, 0.15) is 26.3 Å². The van der Waals surface area contributed by atoms with E-state index in [4.69, 9.17) is 0 Å². The number of nitrogens with one attached hydrogen (secondary N) is 1. The predicted molar refractivity (Wildman–Crippen MR) is 90.1 cm³/mol. The number of pyridine rings is 1. The fraction of sp³-hybridized carbons (Fsp3) is 0.211. The van der Waals surface area contributed by atoms with Crippen LogP contribution in [0.15, 0.2) is 54.7 Å². The van der Waals surface area contributed by atoms with E-state index in [-0.39, 0.29) is 11.2 Å². The van der Waals surface area contributed by atoms with Crippen molar-refractivity contribution in [1.29, 1.82) is 0 Å². The molecular formula is C19H19FN2. The third-order valence-electron chi connectivity index (χ3n) is 3.74. The summed E-state index contributed by atoms with van der Waals surface area (Å²) in [5, 5.41) is 5.02. The Morgan fingerprint density at radius 3 is 2.36 bits per heavy atom. The lowest BCUT2D eigenvalue weighted by molar-refractivity contribution is 0.590. The van der Waals surface area contributed by atoms with Crippen molar-refractivity contribution in [3.8, 4) is 0 Å². The van der Waals surface area contributed by atoms with Gasteiger partial charge in [-0.2, -0.15) is 0 Å². The van der Waals surface area contributed by atoms with Crippen molar-refractivity contribution in [3.05, 3.63) is 66.1 Å². The van der Waals surface area contributed by atoms with Gasteiger partial charge in [-0.25, -0.2) is 9.37 Å².